The summed E-state index contributed by atoms with van der Waals surface area (Å²) >= 11 is 6.52. The van der Waals surface area contributed by atoms with Crippen LogP contribution in [0.4, 0.5) is 4.39 Å². The maximum Gasteiger partial charge on any atom is 0.252 e. The fourth-order valence-corrected chi connectivity index (χ4v) is 3.03. The van der Waals surface area contributed by atoms with Crippen LogP contribution < -0.4 is 5.32 Å². The summed E-state index contributed by atoms with van der Waals surface area (Å²) in [6.07, 6.45) is 3.06. The molecule has 1 aliphatic carbocycles. The first kappa shape index (κ1) is 13.0. The van der Waals surface area contributed by atoms with E-state index in [1.54, 1.807) is 6.07 Å². The second-order valence-corrected chi connectivity index (χ2v) is 5.68. The highest BCUT2D eigenvalue weighted by Crippen LogP contribution is 2.34. The molecule has 1 fully saturated rings. The number of hydrogen-bond acceptors (Lipinski definition) is 1. The summed E-state index contributed by atoms with van der Waals surface area (Å²) in [7, 11) is 0. The van der Waals surface area contributed by atoms with E-state index in [2.05, 4.69) is 37.2 Å². The van der Waals surface area contributed by atoms with E-state index in [-0.39, 0.29) is 15.9 Å². The van der Waals surface area contributed by atoms with E-state index in [9.17, 15) is 9.18 Å². The normalized spacial score (nSPS) is 17.4. The van der Waals surface area contributed by atoms with Crippen molar-refractivity contribution in [2.45, 2.75) is 24.8 Å². The lowest BCUT2D eigenvalue weighted by atomic mass is 9.78. The first-order valence-electron chi connectivity index (χ1n) is 5.40. The SMILES string of the molecule is O=C(NC1(CBr)CCC1)c1cccc(F)c1Br. The smallest absolute Gasteiger partial charge is 0.252 e. The molecule has 92 valence electrons. The fraction of sp³-hybridized carbons (Fsp3) is 0.417. The molecule has 0 radical (unpaired) electrons. The van der Waals surface area contributed by atoms with Gasteiger partial charge in [-0.3, -0.25) is 4.79 Å². The summed E-state index contributed by atoms with van der Waals surface area (Å²) in [5.74, 6) is -0.644. The molecule has 2 rings (SSSR count). The topological polar surface area (TPSA) is 29.1 Å². The van der Waals surface area contributed by atoms with Crippen LogP contribution in [-0.4, -0.2) is 16.8 Å². The Morgan fingerprint density at radius 1 is 1.47 bits per heavy atom. The van der Waals surface area contributed by atoms with Gasteiger partial charge in [-0.2, -0.15) is 0 Å². The Hall–Kier alpha value is -0.420. The van der Waals surface area contributed by atoms with Crippen LogP contribution in [0.15, 0.2) is 22.7 Å². The molecule has 1 amide bonds. The lowest BCUT2D eigenvalue weighted by molar-refractivity contribution is 0.0855. The number of benzene rings is 1. The van der Waals surface area contributed by atoms with E-state index in [0.717, 1.165) is 24.6 Å². The third-order valence-electron chi connectivity index (χ3n) is 3.14. The van der Waals surface area contributed by atoms with Crippen molar-refractivity contribution in [3.63, 3.8) is 0 Å². The predicted molar refractivity (Wildman–Crippen MR) is 71.9 cm³/mol. The molecule has 1 N–H and O–H groups in total. The highest BCUT2D eigenvalue weighted by atomic mass is 79.9. The van der Waals surface area contributed by atoms with Crippen LogP contribution in [0.3, 0.4) is 0 Å². The van der Waals surface area contributed by atoms with E-state index in [0.29, 0.717) is 5.56 Å². The molecule has 2 nitrogen and oxygen atoms in total. The Labute approximate surface area is 116 Å². The molecule has 0 atom stereocenters. The average Bonchev–Trinajstić information content (AvgIpc) is 2.27. The van der Waals surface area contributed by atoms with Crippen LogP contribution in [0, 0.1) is 5.82 Å². The molecule has 17 heavy (non-hydrogen) atoms. The lowest BCUT2D eigenvalue weighted by Crippen LogP contribution is -2.54. The molecule has 0 spiro atoms. The molecule has 0 bridgehead atoms. The minimum atomic E-state index is -0.417. The quantitative estimate of drug-likeness (QED) is 0.815. The largest absolute Gasteiger partial charge is 0.346 e. The van der Waals surface area contributed by atoms with E-state index in [1.165, 1.54) is 12.1 Å². The van der Waals surface area contributed by atoms with Crippen LogP contribution in [0.25, 0.3) is 0 Å². The van der Waals surface area contributed by atoms with Crippen molar-refractivity contribution in [2.24, 2.45) is 0 Å². The molecule has 0 saturated heterocycles. The first-order chi connectivity index (χ1) is 8.08. The maximum atomic E-state index is 13.3. The molecule has 1 saturated carbocycles. The number of hydrogen-bond donors (Lipinski definition) is 1. The maximum absolute atomic E-state index is 13.3. The molecule has 0 heterocycles. The Bertz CT molecular complexity index is 441. The number of alkyl halides is 1. The van der Waals surface area contributed by atoms with Crippen LogP contribution >= 0.6 is 31.9 Å². The van der Waals surface area contributed by atoms with Gasteiger partial charge in [0.25, 0.3) is 5.91 Å². The third kappa shape index (κ3) is 2.55. The minimum Gasteiger partial charge on any atom is -0.346 e. The van der Waals surface area contributed by atoms with Gasteiger partial charge < -0.3 is 5.32 Å². The Balaban J connectivity index is 2.17. The van der Waals surface area contributed by atoms with Gasteiger partial charge in [0.05, 0.1) is 15.6 Å². The number of rotatable bonds is 3. The van der Waals surface area contributed by atoms with Crippen molar-refractivity contribution in [3.05, 3.63) is 34.1 Å². The van der Waals surface area contributed by atoms with Crippen molar-refractivity contribution in [1.29, 1.82) is 0 Å². The van der Waals surface area contributed by atoms with Crippen molar-refractivity contribution in [2.75, 3.05) is 5.33 Å². The predicted octanol–water partition coefficient (Wildman–Crippen LogP) is 3.64. The van der Waals surface area contributed by atoms with Gasteiger partial charge in [0.15, 0.2) is 0 Å². The summed E-state index contributed by atoms with van der Waals surface area (Å²) in [5.41, 5.74) is 0.195. The van der Waals surface area contributed by atoms with Gasteiger partial charge in [-0.05, 0) is 47.3 Å². The zero-order valence-corrected chi connectivity index (χ0v) is 12.3. The van der Waals surface area contributed by atoms with Crippen LogP contribution in [0.5, 0.6) is 0 Å². The van der Waals surface area contributed by atoms with Gasteiger partial charge in [0.2, 0.25) is 0 Å². The Morgan fingerprint density at radius 3 is 2.71 bits per heavy atom. The van der Waals surface area contributed by atoms with Crippen LogP contribution in [0.2, 0.25) is 0 Å². The Kier molecular flexibility index (Phi) is 3.88. The standard InChI is InChI=1S/C12H12Br2FNO/c13-7-12(5-2-6-12)16-11(17)8-3-1-4-9(15)10(8)14/h1,3-4H,2,5-7H2,(H,16,17). The molecular weight excluding hydrogens is 353 g/mol. The van der Waals surface area contributed by atoms with Crippen LogP contribution in [0.1, 0.15) is 29.6 Å². The minimum absolute atomic E-state index is 0.150. The van der Waals surface area contributed by atoms with E-state index >= 15 is 0 Å². The van der Waals surface area contributed by atoms with Gasteiger partial charge >= 0.3 is 0 Å². The van der Waals surface area contributed by atoms with Crippen molar-refractivity contribution in [1.82, 2.24) is 5.32 Å². The van der Waals surface area contributed by atoms with E-state index in [4.69, 9.17) is 0 Å². The molecule has 0 aliphatic heterocycles. The number of amides is 1. The van der Waals surface area contributed by atoms with Crippen molar-refractivity contribution < 1.29 is 9.18 Å². The monoisotopic (exact) mass is 363 g/mol. The van der Waals surface area contributed by atoms with Crippen LogP contribution in [-0.2, 0) is 0 Å². The first-order valence-corrected chi connectivity index (χ1v) is 7.32. The van der Waals surface area contributed by atoms with E-state index < -0.39 is 5.82 Å². The van der Waals surface area contributed by atoms with Gasteiger partial charge in [0.1, 0.15) is 5.82 Å². The third-order valence-corrected chi connectivity index (χ3v) is 5.02. The summed E-state index contributed by atoms with van der Waals surface area (Å²) in [4.78, 5) is 12.1. The Morgan fingerprint density at radius 2 is 2.18 bits per heavy atom. The molecular formula is C12H12Br2FNO. The van der Waals surface area contributed by atoms with Gasteiger partial charge in [-0.1, -0.05) is 22.0 Å². The summed E-state index contributed by atoms with van der Waals surface area (Å²) in [6, 6.07) is 4.48. The highest BCUT2D eigenvalue weighted by Gasteiger charge is 2.37. The molecule has 0 unspecified atom stereocenters. The molecule has 1 aliphatic rings. The summed E-state index contributed by atoms with van der Waals surface area (Å²) < 4.78 is 13.5. The number of carbonyl (C=O) groups is 1. The fourth-order valence-electron chi connectivity index (χ4n) is 1.88. The molecule has 5 heteroatoms. The van der Waals surface area contributed by atoms with Gasteiger partial charge in [-0.15, -0.1) is 0 Å². The second kappa shape index (κ2) is 5.06. The summed E-state index contributed by atoms with van der Waals surface area (Å²) in [6.45, 7) is 0. The average molecular weight is 365 g/mol. The molecule has 1 aromatic carbocycles. The number of nitrogens with one attached hydrogen (secondary N) is 1. The molecule has 1 aromatic rings. The van der Waals surface area contributed by atoms with E-state index in [1.807, 2.05) is 0 Å². The van der Waals surface area contributed by atoms with Crippen molar-refractivity contribution >= 4 is 37.8 Å². The zero-order chi connectivity index (χ0) is 12.5. The van der Waals surface area contributed by atoms with Gasteiger partial charge in [-0.25, -0.2) is 4.39 Å². The molecule has 0 aromatic heterocycles. The number of carbonyl (C=O) groups excluding carboxylic acids is 1. The van der Waals surface area contributed by atoms with Crippen molar-refractivity contribution in [3.8, 4) is 0 Å². The number of halogens is 3. The lowest BCUT2D eigenvalue weighted by Gasteiger charge is -2.41. The second-order valence-electron chi connectivity index (χ2n) is 4.32. The van der Waals surface area contributed by atoms with Gasteiger partial charge in [0, 0.05) is 5.33 Å². The summed E-state index contributed by atoms with van der Waals surface area (Å²) in [5, 5.41) is 3.72. The highest BCUT2D eigenvalue weighted by molar-refractivity contribution is 9.10. The zero-order valence-electron chi connectivity index (χ0n) is 9.10.